The molecular weight excluding hydrogens is 284 g/mol. The molecule has 0 saturated carbocycles. The molecule has 2 rings (SSSR count). The number of Topliss-reactive ketones (excluding diaryl/α,β-unsaturated/α-hetero) is 1. The standard InChI is InChI=1S/C17H20O5/c1-2-3-4-9-21-13-7-5-12(6-8-13)10-14(18)16-15(19)11-22-17(16)20/h5-8,18H,2-4,9-11H2,1H3/b16-14+. The Bertz CT molecular complexity index is 553. The number of benzene rings is 1. The Morgan fingerprint density at radius 1 is 1.23 bits per heavy atom. The van der Waals surface area contributed by atoms with Gasteiger partial charge in [0.2, 0.25) is 5.78 Å². The quantitative estimate of drug-likeness (QED) is 0.276. The van der Waals surface area contributed by atoms with Crippen molar-refractivity contribution in [3.05, 3.63) is 41.2 Å². The maximum absolute atomic E-state index is 11.5. The average Bonchev–Trinajstić information content (AvgIpc) is 2.84. The van der Waals surface area contributed by atoms with Crippen molar-refractivity contribution in [2.24, 2.45) is 0 Å². The van der Waals surface area contributed by atoms with Crippen molar-refractivity contribution in [3.8, 4) is 5.75 Å². The van der Waals surface area contributed by atoms with Crippen molar-refractivity contribution < 1.29 is 24.2 Å². The van der Waals surface area contributed by atoms with Crippen LogP contribution in [0.3, 0.4) is 0 Å². The fourth-order valence-corrected chi connectivity index (χ4v) is 2.20. The number of allylic oxidation sites excluding steroid dienone is 1. The Kier molecular flexibility index (Phi) is 5.58. The molecule has 0 aromatic heterocycles. The first kappa shape index (κ1) is 16.1. The van der Waals surface area contributed by atoms with Crippen molar-refractivity contribution in [2.45, 2.75) is 32.6 Å². The van der Waals surface area contributed by atoms with Gasteiger partial charge in [0, 0.05) is 6.42 Å². The van der Waals surface area contributed by atoms with Crippen LogP contribution in [0.1, 0.15) is 31.7 Å². The van der Waals surface area contributed by atoms with Crippen LogP contribution >= 0.6 is 0 Å². The van der Waals surface area contributed by atoms with E-state index < -0.39 is 11.8 Å². The fourth-order valence-electron chi connectivity index (χ4n) is 2.20. The van der Waals surface area contributed by atoms with E-state index in [1.807, 2.05) is 12.1 Å². The van der Waals surface area contributed by atoms with Gasteiger partial charge in [-0.05, 0) is 24.1 Å². The van der Waals surface area contributed by atoms with Gasteiger partial charge in [0.05, 0.1) is 6.61 Å². The molecule has 0 radical (unpaired) electrons. The molecule has 1 aliphatic heterocycles. The van der Waals surface area contributed by atoms with Gasteiger partial charge in [0.15, 0.2) is 6.61 Å². The molecule has 0 amide bonds. The number of aliphatic hydroxyl groups is 1. The van der Waals surface area contributed by atoms with Crippen molar-refractivity contribution in [2.75, 3.05) is 13.2 Å². The third-order valence-corrected chi connectivity index (χ3v) is 3.42. The lowest BCUT2D eigenvalue weighted by atomic mass is 10.1. The van der Waals surface area contributed by atoms with Crippen molar-refractivity contribution in [1.82, 2.24) is 0 Å². The number of ether oxygens (including phenoxy) is 2. The Labute approximate surface area is 129 Å². The summed E-state index contributed by atoms with van der Waals surface area (Å²) in [5.74, 6) is -0.704. The zero-order chi connectivity index (χ0) is 15.9. The molecule has 118 valence electrons. The summed E-state index contributed by atoms with van der Waals surface area (Å²) in [7, 11) is 0. The summed E-state index contributed by atoms with van der Waals surface area (Å²) >= 11 is 0. The molecule has 22 heavy (non-hydrogen) atoms. The molecule has 0 unspecified atom stereocenters. The molecule has 1 heterocycles. The first-order valence-electron chi connectivity index (χ1n) is 7.46. The van der Waals surface area contributed by atoms with Crippen LogP contribution in [0.4, 0.5) is 0 Å². The summed E-state index contributed by atoms with van der Waals surface area (Å²) in [6.45, 7) is 2.53. The Balaban J connectivity index is 1.95. The molecule has 1 aromatic rings. The van der Waals surface area contributed by atoms with E-state index in [1.165, 1.54) is 0 Å². The van der Waals surface area contributed by atoms with Gasteiger partial charge in [-0.25, -0.2) is 4.79 Å². The highest BCUT2D eigenvalue weighted by Gasteiger charge is 2.31. The monoisotopic (exact) mass is 304 g/mol. The van der Waals surface area contributed by atoms with Gasteiger partial charge >= 0.3 is 5.97 Å². The predicted octanol–water partition coefficient (Wildman–Crippen LogP) is 2.74. The van der Waals surface area contributed by atoms with E-state index in [9.17, 15) is 14.7 Å². The summed E-state index contributed by atoms with van der Waals surface area (Å²) in [5, 5.41) is 9.94. The van der Waals surface area contributed by atoms with Crippen LogP contribution in [-0.4, -0.2) is 30.1 Å². The Morgan fingerprint density at radius 2 is 1.95 bits per heavy atom. The van der Waals surface area contributed by atoms with Crippen LogP contribution in [-0.2, 0) is 20.7 Å². The highest BCUT2D eigenvalue weighted by atomic mass is 16.5. The zero-order valence-electron chi connectivity index (χ0n) is 12.6. The largest absolute Gasteiger partial charge is 0.511 e. The molecule has 1 N–H and O–H groups in total. The average molecular weight is 304 g/mol. The van der Waals surface area contributed by atoms with E-state index in [4.69, 9.17) is 4.74 Å². The molecule has 0 aliphatic carbocycles. The maximum Gasteiger partial charge on any atom is 0.345 e. The number of carbonyl (C=O) groups excluding carboxylic acids is 2. The van der Waals surface area contributed by atoms with E-state index in [-0.39, 0.29) is 24.4 Å². The van der Waals surface area contributed by atoms with Crippen LogP contribution in [0.2, 0.25) is 0 Å². The van der Waals surface area contributed by atoms with Crippen molar-refractivity contribution >= 4 is 11.8 Å². The SMILES string of the molecule is CCCCCOc1ccc(C/C(O)=C2/C(=O)COC2=O)cc1. The summed E-state index contributed by atoms with van der Waals surface area (Å²) in [6.07, 6.45) is 3.43. The number of ketones is 1. The fraction of sp³-hybridized carbons (Fsp3) is 0.412. The van der Waals surface area contributed by atoms with Gasteiger partial charge in [-0.2, -0.15) is 0 Å². The van der Waals surface area contributed by atoms with Crippen LogP contribution in [0.15, 0.2) is 35.6 Å². The van der Waals surface area contributed by atoms with Gasteiger partial charge < -0.3 is 14.6 Å². The predicted molar refractivity (Wildman–Crippen MR) is 80.8 cm³/mol. The highest BCUT2D eigenvalue weighted by molar-refractivity contribution is 6.22. The van der Waals surface area contributed by atoms with E-state index >= 15 is 0 Å². The topological polar surface area (TPSA) is 72.8 Å². The number of esters is 1. The first-order valence-corrected chi connectivity index (χ1v) is 7.46. The molecule has 1 saturated heterocycles. The van der Waals surface area contributed by atoms with Crippen LogP contribution in [0.25, 0.3) is 0 Å². The molecular formula is C17H20O5. The summed E-state index contributed by atoms with van der Waals surface area (Å²) in [4.78, 5) is 22.8. The van der Waals surface area contributed by atoms with Gasteiger partial charge in [-0.1, -0.05) is 31.9 Å². The minimum atomic E-state index is -0.752. The van der Waals surface area contributed by atoms with Gasteiger partial charge in [-0.3, -0.25) is 4.79 Å². The van der Waals surface area contributed by atoms with Gasteiger partial charge in [-0.15, -0.1) is 0 Å². The Morgan fingerprint density at radius 3 is 2.55 bits per heavy atom. The lowest BCUT2D eigenvalue weighted by Crippen LogP contribution is -2.07. The lowest BCUT2D eigenvalue weighted by Gasteiger charge is -2.07. The minimum absolute atomic E-state index is 0.117. The number of rotatable bonds is 7. The van der Waals surface area contributed by atoms with E-state index in [0.717, 1.165) is 30.6 Å². The number of hydrogen-bond acceptors (Lipinski definition) is 5. The smallest absolute Gasteiger partial charge is 0.345 e. The second kappa shape index (κ2) is 7.64. The molecule has 0 bridgehead atoms. The molecule has 5 nitrogen and oxygen atoms in total. The number of hydrogen-bond donors (Lipinski definition) is 1. The normalized spacial score (nSPS) is 16.6. The summed E-state index contributed by atoms with van der Waals surface area (Å²) < 4.78 is 10.2. The number of cyclic esters (lactones) is 1. The molecule has 1 fully saturated rings. The molecule has 1 aromatic carbocycles. The highest BCUT2D eigenvalue weighted by Crippen LogP contribution is 2.19. The molecule has 1 aliphatic rings. The van der Waals surface area contributed by atoms with Gasteiger partial charge in [0.25, 0.3) is 0 Å². The third-order valence-electron chi connectivity index (χ3n) is 3.42. The molecule has 0 spiro atoms. The molecule has 0 atom stereocenters. The number of aliphatic hydroxyl groups excluding tert-OH is 1. The second-order valence-electron chi connectivity index (χ2n) is 5.20. The number of carbonyl (C=O) groups is 2. The lowest BCUT2D eigenvalue weighted by molar-refractivity contribution is -0.135. The Hall–Kier alpha value is -2.30. The summed E-state index contributed by atoms with van der Waals surface area (Å²) in [6, 6.07) is 7.23. The van der Waals surface area contributed by atoms with Gasteiger partial charge in [0.1, 0.15) is 17.1 Å². The van der Waals surface area contributed by atoms with Crippen molar-refractivity contribution in [1.29, 1.82) is 0 Å². The van der Waals surface area contributed by atoms with Crippen LogP contribution in [0.5, 0.6) is 5.75 Å². The van der Waals surface area contributed by atoms with Crippen LogP contribution in [0, 0.1) is 0 Å². The zero-order valence-corrected chi connectivity index (χ0v) is 12.6. The number of unbranched alkanes of at least 4 members (excludes halogenated alkanes) is 2. The molecule has 5 heteroatoms. The van der Waals surface area contributed by atoms with E-state index in [1.54, 1.807) is 12.1 Å². The third kappa shape index (κ3) is 4.10. The van der Waals surface area contributed by atoms with Crippen molar-refractivity contribution in [3.63, 3.8) is 0 Å². The first-order chi connectivity index (χ1) is 10.6. The minimum Gasteiger partial charge on any atom is -0.511 e. The second-order valence-corrected chi connectivity index (χ2v) is 5.20. The summed E-state index contributed by atoms with van der Waals surface area (Å²) in [5.41, 5.74) is 0.554. The maximum atomic E-state index is 11.5. The van der Waals surface area contributed by atoms with E-state index in [0.29, 0.717) is 6.61 Å². The van der Waals surface area contributed by atoms with Crippen LogP contribution < -0.4 is 4.74 Å². The van der Waals surface area contributed by atoms with E-state index in [2.05, 4.69) is 11.7 Å².